The van der Waals surface area contributed by atoms with Crippen molar-refractivity contribution < 1.29 is 62.7 Å². The lowest BCUT2D eigenvalue weighted by Crippen LogP contribution is -2.29. The van der Waals surface area contributed by atoms with Gasteiger partial charge >= 0.3 is 25.0 Å². The molecular weight excluding hydrogens is 1010 g/mol. The molecule has 18 heteroatoms. The summed E-state index contributed by atoms with van der Waals surface area (Å²) in [4.78, 5) is 46.2. The molecule has 8 rings (SSSR count). The summed E-state index contributed by atoms with van der Waals surface area (Å²) < 4.78 is 36.1. The van der Waals surface area contributed by atoms with Gasteiger partial charge in [0.15, 0.2) is 0 Å². The maximum Gasteiger partial charge on any atom is 0.488 e. The average Bonchev–Trinajstić information content (AvgIpc) is 3.44. The number of aromatic hydroxyl groups is 1. The number of esters is 3. The number of carbonyl (C=O) groups excluding carboxylic acids is 3. The van der Waals surface area contributed by atoms with E-state index >= 15 is 0 Å². The van der Waals surface area contributed by atoms with E-state index in [1.807, 2.05) is 84.9 Å². The number of phenols is 1. The van der Waals surface area contributed by atoms with Crippen LogP contribution in [0.5, 0.6) is 28.7 Å². The Labute approximate surface area is 438 Å². The number of benzene rings is 5. The molecule has 0 atom stereocenters. The van der Waals surface area contributed by atoms with Crippen LogP contribution in [0, 0.1) is 0 Å². The van der Waals surface area contributed by atoms with Crippen molar-refractivity contribution in [2.24, 2.45) is 0 Å². The molecule has 0 saturated heterocycles. The van der Waals surface area contributed by atoms with Crippen molar-refractivity contribution in [3.8, 4) is 51.3 Å². The van der Waals surface area contributed by atoms with Gasteiger partial charge in [0.05, 0.1) is 46.9 Å². The largest absolute Gasteiger partial charge is 0.508 e. The Morgan fingerprint density at radius 3 is 1.31 bits per heavy atom. The number of carbonyl (C=O) groups is 3. The number of nitrogens with zero attached hydrogens (tertiary/aromatic N) is 3. The number of hydrogen-bond acceptors (Lipinski definition) is 16. The third-order valence-electron chi connectivity index (χ3n) is 9.95. The summed E-state index contributed by atoms with van der Waals surface area (Å²) in [6.07, 6.45) is 0. The summed E-state index contributed by atoms with van der Waals surface area (Å²) in [6, 6.07) is 51.7. The first-order valence-electron chi connectivity index (χ1n) is 22.0. The fourth-order valence-corrected chi connectivity index (χ4v) is 6.55. The number of hydrogen-bond donors (Lipinski definition) is 3. The number of halogens is 1. The zero-order valence-corrected chi connectivity index (χ0v) is 42.0. The zero-order valence-electron chi connectivity index (χ0n) is 40.4. The molecule has 3 aromatic heterocycles. The van der Waals surface area contributed by atoms with E-state index in [9.17, 15) is 19.5 Å². The van der Waals surface area contributed by atoms with Crippen molar-refractivity contribution in [2.75, 3.05) is 35.5 Å². The maximum absolute atomic E-state index is 11.7. The maximum atomic E-state index is 11.7. The van der Waals surface area contributed by atoms with Crippen molar-refractivity contribution in [2.45, 2.75) is 20.6 Å². The molecule has 16 nitrogen and oxygen atoms in total. The molecule has 5 aromatic carbocycles. The molecule has 0 aliphatic heterocycles. The number of pyridine rings is 3. The highest BCUT2D eigenvalue weighted by Crippen LogP contribution is 2.25. The molecule has 382 valence electrons. The molecule has 0 unspecified atom stereocenters. The first kappa shape index (κ1) is 58.0. The van der Waals surface area contributed by atoms with E-state index in [2.05, 4.69) is 40.4 Å². The summed E-state index contributed by atoms with van der Waals surface area (Å²) in [6.45, 7) is 0.859. The average molecular weight is 1070 g/mol. The van der Waals surface area contributed by atoms with Gasteiger partial charge < -0.3 is 48.3 Å². The number of aromatic nitrogens is 3. The summed E-state index contributed by atoms with van der Waals surface area (Å²) >= 11 is 3.14. The lowest BCUT2D eigenvalue weighted by atomic mass is 9.80. The minimum atomic E-state index is -1.48. The molecule has 0 aliphatic rings. The molecule has 0 radical (unpaired) electrons. The van der Waals surface area contributed by atoms with E-state index in [0.29, 0.717) is 46.1 Å². The number of rotatable bonds is 14. The van der Waals surface area contributed by atoms with Crippen LogP contribution >= 0.6 is 15.9 Å². The van der Waals surface area contributed by atoms with Crippen LogP contribution in [0.3, 0.4) is 0 Å². The molecule has 0 spiro atoms. The van der Waals surface area contributed by atoms with Crippen molar-refractivity contribution >= 4 is 46.4 Å². The fourth-order valence-electron chi connectivity index (χ4n) is 6.21. The first-order valence-corrected chi connectivity index (χ1v) is 22.8. The predicted molar refractivity (Wildman–Crippen MR) is 285 cm³/mol. The Morgan fingerprint density at radius 2 is 0.878 bits per heavy atom. The van der Waals surface area contributed by atoms with Crippen LogP contribution in [0.2, 0.25) is 0 Å². The minimum absolute atomic E-state index is 0. The van der Waals surface area contributed by atoms with E-state index in [0.717, 1.165) is 39.5 Å². The highest BCUT2D eigenvalue weighted by Gasteiger charge is 2.13. The van der Waals surface area contributed by atoms with Gasteiger partial charge in [0, 0.05) is 11.1 Å². The quantitative estimate of drug-likeness (QED) is 0.0400. The zero-order chi connectivity index (χ0) is 52.5. The van der Waals surface area contributed by atoms with Gasteiger partial charge in [-0.1, -0.05) is 86.3 Å². The van der Waals surface area contributed by atoms with Crippen LogP contribution in [0.1, 0.15) is 50.0 Å². The second-order valence-electron chi connectivity index (χ2n) is 14.9. The van der Waals surface area contributed by atoms with Crippen LogP contribution in [0.4, 0.5) is 0 Å². The van der Waals surface area contributed by atoms with E-state index in [1.54, 1.807) is 105 Å². The van der Waals surface area contributed by atoms with Crippen molar-refractivity contribution in [3.63, 3.8) is 0 Å². The van der Waals surface area contributed by atoms with E-state index < -0.39 is 25.0 Å². The van der Waals surface area contributed by atoms with Crippen LogP contribution in [-0.2, 0) is 27.4 Å². The van der Waals surface area contributed by atoms with Crippen LogP contribution < -0.4 is 24.4 Å². The molecule has 0 bridgehead atoms. The Morgan fingerprint density at radius 1 is 0.473 bits per heavy atom. The highest BCUT2D eigenvalue weighted by atomic mass is 79.9. The molecule has 0 amide bonds. The number of phenolic OH excluding ortho intramolecular Hbond substituents is 1. The Kier molecular flexibility index (Phi) is 23.8. The molecule has 74 heavy (non-hydrogen) atoms. The topological polar surface area (TPSA) is 215 Å². The van der Waals surface area contributed by atoms with Crippen molar-refractivity contribution in [1.82, 2.24) is 15.0 Å². The van der Waals surface area contributed by atoms with Gasteiger partial charge in [0.1, 0.15) is 63.6 Å². The Bertz CT molecular complexity index is 3030. The summed E-state index contributed by atoms with van der Waals surface area (Å²) in [5, 5.41) is 27.5. The highest BCUT2D eigenvalue weighted by molar-refractivity contribution is 9.10. The standard InChI is InChI=1S/C21H19NO4.C14H15BO4.C13H11NO3.C7H6BrNO2.CH4/c1-24-17-11-9-15(10-12-17)14-26-18-6-3-5-16(13-18)19-7-4-8-20(22-19)21(23)25-2;1-18-13-7-5-11(6-8-13)10-19-14-4-2-3-12(9-14)15(16)17;1-17-13(16)12-7-3-6-11(14-12)9-4-2-5-10(15)8-9;1-11-7(10)5-3-2-4-6(8)9-5;/h3-13H,14H2,1-2H3;2-9,16-17H,10H2,1H3;2-8,15H,1H3;2-4H,1H3;1H4. The monoisotopic (exact) mass is 1070 g/mol. The van der Waals surface area contributed by atoms with E-state index in [1.165, 1.54) is 21.3 Å². The fraction of sp³-hybridized carbons (Fsp3) is 0.143. The lowest BCUT2D eigenvalue weighted by molar-refractivity contribution is 0.0585. The molecule has 0 fully saturated rings. The van der Waals surface area contributed by atoms with Gasteiger partial charge in [-0.15, -0.1) is 0 Å². The summed E-state index contributed by atoms with van der Waals surface area (Å²) in [5.41, 5.74) is 6.19. The van der Waals surface area contributed by atoms with Crippen LogP contribution in [0.25, 0.3) is 22.5 Å². The van der Waals surface area contributed by atoms with Gasteiger partial charge in [-0.25, -0.2) is 29.3 Å². The number of methoxy groups -OCH3 is 5. The summed E-state index contributed by atoms with van der Waals surface area (Å²) in [7, 11) is 5.75. The van der Waals surface area contributed by atoms with Gasteiger partial charge in [-0.3, -0.25) is 0 Å². The van der Waals surface area contributed by atoms with Gasteiger partial charge in [0.25, 0.3) is 0 Å². The first-order chi connectivity index (χ1) is 35.3. The third-order valence-corrected chi connectivity index (χ3v) is 10.4. The van der Waals surface area contributed by atoms with Gasteiger partial charge in [-0.05, 0) is 130 Å². The van der Waals surface area contributed by atoms with E-state index in [4.69, 9.17) is 33.7 Å². The second kappa shape index (κ2) is 30.3. The Hall–Kier alpha value is -8.58. The van der Waals surface area contributed by atoms with Crippen molar-refractivity contribution in [3.05, 3.63) is 209 Å². The summed E-state index contributed by atoms with van der Waals surface area (Å²) in [5.74, 6) is 1.73. The van der Waals surface area contributed by atoms with Crippen molar-refractivity contribution in [1.29, 1.82) is 0 Å². The molecule has 3 heterocycles. The van der Waals surface area contributed by atoms with Crippen LogP contribution in [0.15, 0.2) is 181 Å². The molecule has 0 aliphatic carbocycles. The third kappa shape index (κ3) is 18.6. The molecule has 8 aromatic rings. The molecule has 3 N–H and O–H groups in total. The van der Waals surface area contributed by atoms with Gasteiger partial charge in [0.2, 0.25) is 0 Å². The smallest absolute Gasteiger partial charge is 0.488 e. The molecule has 0 saturated carbocycles. The second-order valence-corrected chi connectivity index (χ2v) is 15.7. The van der Waals surface area contributed by atoms with E-state index in [-0.39, 0.29) is 24.6 Å². The minimum Gasteiger partial charge on any atom is -0.508 e. The van der Waals surface area contributed by atoms with Crippen LogP contribution in [-0.4, -0.2) is 90.7 Å². The lowest BCUT2D eigenvalue weighted by Gasteiger charge is -2.09. The normalized spacial score (nSPS) is 9.84. The van der Waals surface area contributed by atoms with Gasteiger partial charge in [-0.2, -0.15) is 0 Å². The Balaban J connectivity index is 0.000000221. The number of ether oxygens (including phenoxy) is 7. The molecular formula is C56H55BBrN3O13. The SMILES string of the molecule is C.COC(=O)c1cccc(-c2cccc(O)c2)n1.COC(=O)c1cccc(-c2cccc(OCc3ccc(OC)cc3)c2)n1.COC(=O)c1cccc(Br)n1.COc1ccc(COc2cccc(B(O)O)c2)cc1. The predicted octanol–water partition coefficient (Wildman–Crippen LogP) is 9.58.